The van der Waals surface area contributed by atoms with E-state index in [1.807, 2.05) is 54.8 Å². The lowest BCUT2D eigenvalue weighted by molar-refractivity contribution is -0.116. The van der Waals surface area contributed by atoms with Crippen molar-refractivity contribution in [3.05, 3.63) is 67.9 Å². The first kappa shape index (κ1) is 24.5. The number of hydrogen-bond donors (Lipinski definition) is 1. The predicted molar refractivity (Wildman–Crippen MR) is 136 cm³/mol. The van der Waals surface area contributed by atoms with Gasteiger partial charge in [-0.1, -0.05) is 34.1 Å². The standard InChI is InChI=1S/C24H23Br2NO4S/c1-3-30-24(29)22-18(16-7-9-17(25)10-8-16)14-32-23(22)27-21(28)5-4-12-31-20-11-6-15(2)13-19(20)26/h6-11,13-14H,3-5,12H2,1-2H3,(H,27,28). The van der Waals surface area contributed by atoms with Crippen molar-refractivity contribution in [2.45, 2.75) is 26.7 Å². The van der Waals surface area contributed by atoms with Crippen LogP contribution in [0, 0.1) is 6.92 Å². The minimum absolute atomic E-state index is 0.175. The fourth-order valence-electron chi connectivity index (χ4n) is 3.02. The van der Waals surface area contributed by atoms with Gasteiger partial charge in [0, 0.05) is 21.8 Å². The van der Waals surface area contributed by atoms with Crippen LogP contribution in [0.2, 0.25) is 0 Å². The molecule has 1 N–H and O–H groups in total. The highest BCUT2D eigenvalue weighted by molar-refractivity contribution is 9.10. The van der Waals surface area contributed by atoms with E-state index in [9.17, 15) is 9.59 Å². The number of esters is 1. The van der Waals surface area contributed by atoms with E-state index in [4.69, 9.17) is 9.47 Å². The molecule has 168 valence electrons. The molecule has 3 aromatic rings. The molecule has 5 nitrogen and oxygen atoms in total. The monoisotopic (exact) mass is 579 g/mol. The summed E-state index contributed by atoms with van der Waals surface area (Å²) in [5, 5.41) is 5.23. The van der Waals surface area contributed by atoms with Crippen LogP contribution < -0.4 is 10.1 Å². The molecule has 0 unspecified atom stereocenters. The highest BCUT2D eigenvalue weighted by Crippen LogP contribution is 2.37. The average molecular weight is 581 g/mol. The number of benzene rings is 2. The van der Waals surface area contributed by atoms with E-state index in [0.717, 1.165) is 31.4 Å². The second-order valence-corrected chi connectivity index (χ2v) is 9.66. The number of carbonyl (C=O) groups is 2. The van der Waals surface area contributed by atoms with Gasteiger partial charge >= 0.3 is 5.97 Å². The Bertz CT molecular complexity index is 1100. The molecule has 2 aromatic carbocycles. The SMILES string of the molecule is CCOC(=O)c1c(-c2ccc(Br)cc2)csc1NC(=O)CCCOc1ccc(C)cc1Br. The molecule has 1 aromatic heterocycles. The van der Waals surface area contributed by atoms with Gasteiger partial charge in [-0.2, -0.15) is 0 Å². The Morgan fingerprint density at radius 1 is 1.09 bits per heavy atom. The molecular formula is C24H23Br2NO4S. The van der Waals surface area contributed by atoms with Crippen LogP contribution in [0.4, 0.5) is 5.00 Å². The van der Waals surface area contributed by atoms with E-state index in [1.165, 1.54) is 11.3 Å². The molecule has 0 saturated heterocycles. The maximum absolute atomic E-state index is 12.6. The highest BCUT2D eigenvalue weighted by atomic mass is 79.9. The van der Waals surface area contributed by atoms with Gasteiger partial charge in [0.2, 0.25) is 5.91 Å². The van der Waals surface area contributed by atoms with Crippen LogP contribution in [0.3, 0.4) is 0 Å². The van der Waals surface area contributed by atoms with Crippen LogP contribution in [0.5, 0.6) is 5.75 Å². The van der Waals surface area contributed by atoms with E-state index in [2.05, 4.69) is 37.2 Å². The van der Waals surface area contributed by atoms with Gasteiger partial charge in [-0.05, 0) is 71.6 Å². The zero-order valence-corrected chi connectivity index (χ0v) is 21.7. The van der Waals surface area contributed by atoms with E-state index < -0.39 is 5.97 Å². The number of nitrogens with one attached hydrogen (secondary N) is 1. The first-order valence-corrected chi connectivity index (χ1v) is 12.6. The first-order valence-electron chi connectivity index (χ1n) is 10.1. The predicted octanol–water partition coefficient (Wildman–Crippen LogP) is 7.22. The van der Waals surface area contributed by atoms with Gasteiger partial charge in [-0.3, -0.25) is 4.79 Å². The third-order valence-corrected chi connectivity index (χ3v) is 6.62. The zero-order valence-electron chi connectivity index (χ0n) is 17.7. The topological polar surface area (TPSA) is 64.6 Å². The summed E-state index contributed by atoms with van der Waals surface area (Å²) in [5.74, 6) is 0.124. The number of hydrogen-bond acceptors (Lipinski definition) is 5. The van der Waals surface area contributed by atoms with Crippen LogP contribution >= 0.6 is 43.2 Å². The second-order valence-electron chi connectivity index (χ2n) is 7.01. The summed E-state index contributed by atoms with van der Waals surface area (Å²) in [6, 6.07) is 13.5. The van der Waals surface area contributed by atoms with Crippen molar-refractivity contribution in [2.24, 2.45) is 0 Å². The molecule has 0 spiro atoms. The molecule has 0 radical (unpaired) electrons. The second kappa shape index (κ2) is 11.6. The first-order chi connectivity index (χ1) is 15.4. The van der Waals surface area contributed by atoms with E-state index >= 15 is 0 Å². The van der Waals surface area contributed by atoms with Gasteiger partial charge in [0.15, 0.2) is 0 Å². The number of halogens is 2. The molecule has 3 rings (SSSR count). The average Bonchev–Trinajstić information content (AvgIpc) is 3.16. The van der Waals surface area contributed by atoms with Crippen molar-refractivity contribution >= 4 is 60.1 Å². The van der Waals surface area contributed by atoms with Crippen LogP contribution in [0.25, 0.3) is 11.1 Å². The van der Waals surface area contributed by atoms with Crippen molar-refractivity contribution in [2.75, 3.05) is 18.5 Å². The van der Waals surface area contributed by atoms with Crippen molar-refractivity contribution in [1.29, 1.82) is 0 Å². The molecule has 1 amide bonds. The number of aryl methyl sites for hydroxylation is 1. The van der Waals surface area contributed by atoms with Crippen LogP contribution in [-0.2, 0) is 9.53 Å². The normalized spacial score (nSPS) is 10.6. The van der Waals surface area contributed by atoms with Crippen LogP contribution in [-0.4, -0.2) is 25.1 Å². The smallest absolute Gasteiger partial charge is 0.341 e. The van der Waals surface area contributed by atoms with E-state index in [1.54, 1.807) is 6.92 Å². The number of amides is 1. The summed E-state index contributed by atoms with van der Waals surface area (Å²) in [6.07, 6.45) is 0.823. The summed E-state index contributed by atoms with van der Waals surface area (Å²) in [5.41, 5.74) is 3.14. The highest BCUT2D eigenvalue weighted by Gasteiger charge is 2.22. The fourth-order valence-corrected chi connectivity index (χ4v) is 4.87. The third-order valence-electron chi connectivity index (χ3n) is 4.57. The Kier molecular flexibility index (Phi) is 8.90. The van der Waals surface area contributed by atoms with E-state index in [-0.39, 0.29) is 18.9 Å². The van der Waals surface area contributed by atoms with Crippen molar-refractivity contribution < 1.29 is 19.1 Å². The van der Waals surface area contributed by atoms with Crippen molar-refractivity contribution in [3.63, 3.8) is 0 Å². The fraction of sp³-hybridized carbons (Fsp3) is 0.250. The van der Waals surface area contributed by atoms with Gasteiger partial charge in [0.05, 0.1) is 17.7 Å². The van der Waals surface area contributed by atoms with Crippen molar-refractivity contribution in [1.82, 2.24) is 0 Å². The molecule has 1 heterocycles. The third kappa shape index (κ3) is 6.43. The molecular weight excluding hydrogens is 558 g/mol. The zero-order chi connectivity index (χ0) is 23.1. The Balaban J connectivity index is 1.64. The van der Waals surface area contributed by atoms with Crippen molar-refractivity contribution in [3.8, 4) is 16.9 Å². The number of ether oxygens (including phenoxy) is 2. The van der Waals surface area contributed by atoms with Gasteiger partial charge in [-0.15, -0.1) is 11.3 Å². The molecule has 0 bridgehead atoms. The van der Waals surface area contributed by atoms with Gasteiger partial charge in [0.25, 0.3) is 0 Å². The Labute approximate surface area is 208 Å². The van der Waals surface area contributed by atoms with Gasteiger partial charge in [0.1, 0.15) is 16.3 Å². The summed E-state index contributed by atoms with van der Waals surface area (Å²) >= 11 is 8.22. The molecule has 0 atom stereocenters. The summed E-state index contributed by atoms with van der Waals surface area (Å²) < 4.78 is 12.8. The summed E-state index contributed by atoms with van der Waals surface area (Å²) in [6.45, 7) is 4.44. The number of anilines is 1. The molecule has 0 fully saturated rings. The number of thiophene rings is 1. The van der Waals surface area contributed by atoms with Gasteiger partial charge in [-0.25, -0.2) is 4.79 Å². The lowest BCUT2D eigenvalue weighted by Gasteiger charge is -2.10. The Morgan fingerprint density at radius 2 is 1.84 bits per heavy atom. The number of carbonyl (C=O) groups excluding carboxylic acids is 2. The quantitative estimate of drug-likeness (QED) is 0.214. The molecule has 8 heteroatoms. The van der Waals surface area contributed by atoms with Crippen LogP contribution in [0.1, 0.15) is 35.7 Å². The molecule has 0 aliphatic heterocycles. The maximum atomic E-state index is 12.6. The lowest BCUT2D eigenvalue weighted by atomic mass is 10.0. The lowest BCUT2D eigenvalue weighted by Crippen LogP contribution is -2.15. The molecule has 0 saturated carbocycles. The Hall–Kier alpha value is -2.16. The molecule has 0 aliphatic rings. The minimum atomic E-state index is -0.450. The maximum Gasteiger partial charge on any atom is 0.341 e. The minimum Gasteiger partial charge on any atom is -0.492 e. The van der Waals surface area contributed by atoms with E-state index in [0.29, 0.717) is 23.6 Å². The summed E-state index contributed by atoms with van der Waals surface area (Å²) in [7, 11) is 0. The van der Waals surface area contributed by atoms with Crippen LogP contribution in [0.15, 0.2) is 56.8 Å². The largest absolute Gasteiger partial charge is 0.492 e. The Morgan fingerprint density at radius 3 is 2.53 bits per heavy atom. The number of rotatable bonds is 9. The summed E-state index contributed by atoms with van der Waals surface area (Å²) in [4.78, 5) is 25.2. The van der Waals surface area contributed by atoms with Gasteiger partial charge < -0.3 is 14.8 Å². The molecule has 32 heavy (non-hydrogen) atoms. The molecule has 0 aliphatic carbocycles.